The van der Waals surface area contributed by atoms with E-state index in [4.69, 9.17) is 9.84 Å². The van der Waals surface area contributed by atoms with Crippen molar-refractivity contribution in [3.63, 3.8) is 0 Å². The zero-order chi connectivity index (χ0) is 24.9. The summed E-state index contributed by atoms with van der Waals surface area (Å²) in [6.45, 7) is 2.47. The third-order valence-corrected chi connectivity index (χ3v) is 6.06. The van der Waals surface area contributed by atoms with Gasteiger partial charge in [0, 0.05) is 25.1 Å². The smallest absolute Gasteiger partial charge is 0.303 e. The first-order chi connectivity index (χ1) is 16.8. The van der Waals surface area contributed by atoms with E-state index in [1.807, 2.05) is 43.3 Å². The first kappa shape index (κ1) is 24.4. The van der Waals surface area contributed by atoms with Crippen molar-refractivity contribution in [3.05, 3.63) is 101 Å². The van der Waals surface area contributed by atoms with E-state index in [1.54, 1.807) is 6.07 Å². The average molecular weight is 476 g/mol. The van der Waals surface area contributed by atoms with E-state index in [9.17, 15) is 13.6 Å². The van der Waals surface area contributed by atoms with Crippen molar-refractivity contribution in [1.82, 2.24) is 5.32 Å². The minimum absolute atomic E-state index is 0.0592. The van der Waals surface area contributed by atoms with Crippen LogP contribution < -0.4 is 10.1 Å². The summed E-state index contributed by atoms with van der Waals surface area (Å²) in [6, 6.07) is 21.2. The molecule has 0 aliphatic rings. The minimum atomic E-state index is -0.917. The maximum absolute atomic E-state index is 14.5. The Morgan fingerprint density at radius 1 is 0.971 bits per heavy atom. The molecule has 4 rings (SSSR count). The molecule has 0 spiro atoms. The van der Waals surface area contributed by atoms with Gasteiger partial charge in [0.15, 0.2) is 0 Å². The van der Waals surface area contributed by atoms with Gasteiger partial charge in [-0.05, 0) is 88.3 Å². The molecule has 180 valence electrons. The summed E-state index contributed by atoms with van der Waals surface area (Å²) < 4.78 is 33.6. The third-order valence-electron chi connectivity index (χ3n) is 6.06. The minimum Gasteiger partial charge on any atom is -0.497 e. The SMILES string of the molecule is COc1cc(F)cc(C(C)NCc2cc(-c3cc(F)cc(CCC(=O)O)c3)c3ccccc3c2)c1. The van der Waals surface area contributed by atoms with Crippen molar-refractivity contribution < 1.29 is 23.4 Å². The molecule has 0 amide bonds. The highest BCUT2D eigenvalue weighted by molar-refractivity contribution is 5.97. The van der Waals surface area contributed by atoms with E-state index in [-0.39, 0.29) is 24.7 Å². The van der Waals surface area contributed by atoms with Crippen molar-refractivity contribution in [3.8, 4) is 16.9 Å². The first-order valence-corrected chi connectivity index (χ1v) is 11.4. The summed E-state index contributed by atoms with van der Waals surface area (Å²) in [5, 5.41) is 14.4. The number of hydrogen-bond donors (Lipinski definition) is 2. The van der Waals surface area contributed by atoms with E-state index in [1.165, 1.54) is 31.4 Å². The Balaban J connectivity index is 1.66. The van der Waals surface area contributed by atoms with Gasteiger partial charge < -0.3 is 15.2 Å². The molecule has 1 atom stereocenters. The molecule has 4 aromatic carbocycles. The fourth-order valence-electron chi connectivity index (χ4n) is 4.26. The monoisotopic (exact) mass is 475 g/mol. The summed E-state index contributed by atoms with van der Waals surface area (Å²) in [5.41, 5.74) is 3.98. The number of nitrogens with one attached hydrogen (secondary N) is 1. The highest BCUT2D eigenvalue weighted by atomic mass is 19.1. The molecule has 0 saturated carbocycles. The van der Waals surface area contributed by atoms with Crippen LogP contribution >= 0.6 is 0 Å². The second kappa shape index (κ2) is 10.7. The van der Waals surface area contributed by atoms with Gasteiger partial charge in [-0.2, -0.15) is 0 Å². The molecule has 0 radical (unpaired) electrons. The van der Waals surface area contributed by atoms with Gasteiger partial charge in [-0.15, -0.1) is 0 Å². The van der Waals surface area contributed by atoms with E-state index in [2.05, 4.69) is 11.4 Å². The lowest BCUT2D eigenvalue weighted by molar-refractivity contribution is -0.136. The summed E-state index contributed by atoms with van der Waals surface area (Å²) in [4.78, 5) is 11.0. The van der Waals surface area contributed by atoms with Crippen molar-refractivity contribution in [1.29, 1.82) is 0 Å². The maximum atomic E-state index is 14.5. The Kier molecular flexibility index (Phi) is 7.42. The molecular weight excluding hydrogens is 448 g/mol. The molecule has 0 aliphatic carbocycles. The fourth-order valence-corrected chi connectivity index (χ4v) is 4.26. The third kappa shape index (κ3) is 6.03. The number of rotatable bonds is 9. The molecule has 35 heavy (non-hydrogen) atoms. The predicted molar refractivity (Wildman–Crippen MR) is 134 cm³/mol. The fraction of sp³-hybridized carbons (Fsp3) is 0.207. The van der Waals surface area contributed by atoms with Crippen LogP contribution in [-0.4, -0.2) is 18.2 Å². The number of carboxylic acid groups (broad SMARTS) is 1. The largest absolute Gasteiger partial charge is 0.497 e. The molecule has 0 aromatic heterocycles. The number of hydrogen-bond acceptors (Lipinski definition) is 3. The molecule has 0 heterocycles. The summed E-state index contributed by atoms with van der Waals surface area (Å²) in [7, 11) is 1.51. The van der Waals surface area contributed by atoms with Gasteiger partial charge in [0.05, 0.1) is 7.11 Å². The van der Waals surface area contributed by atoms with Crippen LogP contribution in [0.5, 0.6) is 5.75 Å². The predicted octanol–water partition coefficient (Wildman–Crippen LogP) is 6.66. The summed E-state index contributed by atoms with van der Waals surface area (Å²) >= 11 is 0. The molecule has 0 aliphatic heterocycles. The van der Waals surface area contributed by atoms with Crippen molar-refractivity contribution >= 4 is 16.7 Å². The first-order valence-electron chi connectivity index (χ1n) is 11.4. The Morgan fingerprint density at radius 3 is 2.51 bits per heavy atom. The van der Waals surface area contributed by atoms with E-state index < -0.39 is 11.8 Å². The zero-order valence-electron chi connectivity index (χ0n) is 19.6. The van der Waals surface area contributed by atoms with Crippen LogP contribution in [-0.2, 0) is 17.8 Å². The second-order valence-corrected chi connectivity index (χ2v) is 8.63. The van der Waals surface area contributed by atoms with Crippen LogP contribution in [0.3, 0.4) is 0 Å². The van der Waals surface area contributed by atoms with Gasteiger partial charge in [0.2, 0.25) is 0 Å². The maximum Gasteiger partial charge on any atom is 0.303 e. The zero-order valence-corrected chi connectivity index (χ0v) is 19.6. The summed E-state index contributed by atoms with van der Waals surface area (Å²) in [6.07, 6.45) is 0.199. The normalized spacial score (nSPS) is 12.0. The number of carbonyl (C=O) groups is 1. The Bertz CT molecular complexity index is 1370. The number of ether oxygens (including phenoxy) is 1. The topological polar surface area (TPSA) is 58.6 Å². The molecular formula is C29H27F2NO3. The van der Waals surface area contributed by atoms with Gasteiger partial charge >= 0.3 is 5.97 Å². The molecule has 0 saturated heterocycles. The van der Waals surface area contributed by atoms with Crippen LogP contribution in [0.4, 0.5) is 8.78 Å². The van der Waals surface area contributed by atoms with Crippen LogP contribution in [0.25, 0.3) is 21.9 Å². The van der Waals surface area contributed by atoms with Crippen molar-refractivity contribution in [2.75, 3.05) is 7.11 Å². The highest BCUT2D eigenvalue weighted by Gasteiger charge is 2.12. The lowest BCUT2D eigenvalue weighted by Gasteiger charge is -2.17. The second-order valence-electron chi connectivity index (χ2n) is 8.63. The van der Waals surface area contributed by atoms with Crippen LogP contribution in [0, 0.1) is 11.6 Å². The number of aryl methyl sites for hydroxylation is 1. The average Bonchev–Trinajstić information content (AvgIpc) is 2.84. The Hall–Kier alpha value is -3.77. The molecule has 2 N–H and O–H groups in total. The lowest BCUT2D eigenvalue weighted by atomic mass is 9.93. The standard InChI is InChI=1S/C29H27F2NO3/c1-18(22-13-25(31)16-26(15-22)35-2)32-17-20-10-21-5-3-4-6-27(21)28(12-20)23-9-19(7-8-29(33)34)11-24(30)14-23/h3-6,9-16,18,32H,7-8,17H2,1-2H3,(H,33,34). The molecule has 0 bridgehead atoms. The molecule has 6 heteroatoms. The Morgan fingerprint density at radius 2 is 1.74 bits per heavy atom. The number of fused-ring (bicyclic) bond motifs is 1. The number of carboxylic acids is 1. The Labute approximate surface area is 203 Å². The van der Waals surface area contributed by atoms with Crippen LogP contribution in [0.2, 0.25) is 0 Å². The van der Waals surface area contributed by atoms with Crippen molar-refractivity contribution in [2.24, 2.45) is 0 Å². The van der Waals surface area contributed by atoms with E-state index in [0.29, 0.717) is 23.4 Å². The van der Waals surface area contributed by atoms with Gasteiger partial charge in [0.1, 0.15) is 17.4 Å². The quantitative estimate of drug-likeness (QED) is 0.284. The van der Waals surface area contributed by atoms with Gasteiger partial charge in [0.25, 0.3) is 0 Å². The van der Waals surface area contributed by atoms with Crippen LogP contribution in [0.15, 0.2) is 72.8 Å². The number of aliphatic carboxylic acids is 1. The van der Waals surface area contributed by atoms with Crippen LogP contribution in [0.1, 0.15) is 36.1 Å². The highest BCUT2D eigenvalue weighted by Crippen LogP contribution is 2.32. The number of benzene rings is 4. The summed E-state index contributed by atoms with van der Waals surface area (Å²) in [5.74, 6) is -1.21. The molecule has 4 nitrogen and oxygen atoms in total. The molecule has 0 fully saturated rings. The van der Waals surface area contributed by atoms with Gasteiger partial charge in [-0.3, -0.25) is 4.79 Å². The van der Waals surface area contributed by atoms with Gasteiger partial charge in [-0.25, -0.2) is 8.78 Å². The lowest BCUT2D eigenvalue weighted by Crippen LogP contribution is -2.18. The number of methoxy groups -OCH3 is 1. The van der Waals surface area contributed by atoms with Gasteiger partial charge in [-0.1, -0.05) is 30.3 Å². The number of halogens is 2. The van der Waals surface area contributed by atoms with E-state index in [0.717, 1.165) is 27.5 Å². The molecule has 1 unspecified atom stereocenters. The molecule has 4 aromatic rings. The van der Waals surface area contributed by atoms with E-state index >= 15 is 0 Å². The van der Waals surface area contributed by atoms with Crippen molar-refractivity contribution in [2.45, 2.75) is 32.4 Å².